The highest BCUT2D eigenvalue weighted by Gasteiger charge is 2.24. The zero-order valence-corrected chi connectivity index (χ0v) is 16.2. The van der Waals surface area contributed by atoms with E-state index in [2.05, 4.69) is 10.6 Å². The predicted octanol–water partition coefficient (Wildman–Crippen LogP) is 2.84. The van der Waals surface area contributed by atoms with Crippen LogP contribution < -0.4 is 20.1 Å². The van der Waals surface area contributed by atoms with Crippen molar-refractivity contribution in [2.45, 2.75) is 26.4 Å². The molecule has 1 aromatic heterocycles. The molecule has 0 aliphatic heterocycles. The van der Waals surface area contributed by atoms with Crippen LogP contribution in [0.3, 0.4) is 0 Å². The fraction of sp³-hybridized carbons (Fsp3) is 0.368. The van der Waals surface area contributed by atoms with Crippen LogP contribution in [0.2, 0.25) is 0 Å². The Labute approximate surface area is 157 Å². The summed E-state index contributed by atoms with van der Waals surface area (Å²) in [7, 11) is 3.14. The summed E-state index contributed by atoms with van der Waals surface area (Å²) in [6, 6.07) is 8.40. The van der Waals surface area contributed by atoms with E-state index in [1.54, 1.807) is 32.4 Å². The van der Waals surface area contributed by atoms with Gasteiger partial charge in [-0.3, -0.25) is 9.59 Å². The molecule has 2 N–H and O–H groups in total. The standard InChI is InChI=1S/C19H24N2O4S/c1-12(2)17(21-18(22)16-6-5-9-26-16)19(23)20-11-13-7-8-14(24-3)15(10-13)25-4/h5-10,12,17H,11H2,1-4H3,(H,20,23)(H,21,22). The van der Waals surface area contributed by atoms with E-state index < -0.39 is 6.04 Å². The number of hydrogen-bond acceptors (Lipinski definition) is 5. The lowest BCUT2D eigenvalue weighted by atomic mass is 10.0. The Bertz CT molecular complexity index is 744. The lowest BCUT2D eigenvalue weighted by Crippen LogP contribution is -2.49. The van der Waals surface area contributed by atoms with Gasteiger partial charge in [0.1, 0.15) is 6.04 Å². The fourth-order valence-electron chi connectivity index (χ4n) is 2.44. The SMILES string of the molecule is COc1ccc(CNC(=O)C(NC(=O)c2cccs2)C(C)C)cc1OC. The maximum Gasteiger partial charge on any atom is 0.262 e. The van der Waals surface area contributed by atoms with Gasteiger partial charge in [-0.1, -0.05) is 26.0 Å². The molecule has 1 heterocycles. The third-order valence-corrected chi connectivity index (χ3v) is 4.76. The van der Waals surface area contributed by atoms with E-state index in [0.717, 1.165) is 5.56 Å². The molecule has 1 unspecified atom stereocenters. The first kappa shape index (κ1) is 19.8. The molecule has 0 saturated carbocycles. The Kier molecular flexibility index (Phi) is 7.03. The Morgan fingerprint density at radius 1 is 1.12 bits per heavy atom. The number of carbonyl (C=O) groups excluding carboxylic acids is 2. The highest BCUT2D eigenvalue weighted by Crippen LogP contribution is 2.27. The van der Waals surface area contributed by atoms with Gasteiger partial charge in [0.05, 0.1) is 19.1 Å². The number of rotatable bonds is 8. The van der Waals surface area contributed by atoms with E-state index in [9.17, 15) is 9.59 Å². The largest absolute Gasteiger partial charge is 0.493 e. The van der Waals surface area contributed by atoms with Crippen molar-refractivity contribution in [3.8, 4) is 11.5 Å². The predicted molar refractivity (Wildman–Crippen MR) is 102 cm³/mol. The summed E-state index contributed by atoms with van der Waals surface area (Å²) in [5, 5.41) is 7.51. The molecule has 7 heteroatoms. The van der Waals surface area contributed by atoms with Gasteiger partial charge in [-0.2, -0.15) is 0 Å². The minimum atomic E-state index is -0.607. The van der Waals surface area contributed by atoms with Gasteiger partial charge < -0.3 is 20.1 Å². The molecule has 1 atom stereocenters. The van der Waals surface area contributed by atoms with E-state index >= 15 is 0 Å². The minimum Gasteiger partial charge on any atom is -0.493 e. The summed E-state index contributed by atoms with van der Waals surface area (Å²) in [6.07, 6.45) is 0. The lowest BCUT2D eigenvalue weighted by Gasteiger charge is -2.21. The molecule has 140 valence electrons. The van der Waals surface area contributed by atoms with E-state index in [1.807, 2.05) is 31.4 Å². The zero-order valence-electron chi connectivity index (χ0n) is 15.4. The highest BCUT2D eigenvalue weighted by atomic mass is 32.1. The number of hydrogen-bond donors (Lipinski definition) is 2. The third kappa shape index (κ3) is 4.98. The maximum absolute atomic E-state index is 12.6. The number of methoxy groups -OCH3 is 2. The van der Waals surface area contributed by atoms with Crippen molar-refractivity contribution in [1.82, 2.24) is 10.6 Å². The molecule has 2 rings (SSSR count). The van der Waals surface area contributed by atoms with Crippen molar-refractivity contribution >= 4 is 23.2 Å². The molecule has 0 aliphatic rings. The Morgan fingerprint density at radius 3 is 2.42 bits per heavy atom. The van der Waals surface area contributed by atoms with Crippen LogP contribution in [-0.4, -0.2) is 32.1 Å². The number of benzene rings is 1. The molecule has 26 heavy (non-hydrogen) atoms. The van der Waals surface area contributed by atoms with Crippen LogP contribution in [0.15, 0.2) is 35.7 Å². The number of amides is 2. The van der Waals surface area contributed by atoms with E-state index in [4.69, 9.17) is 9.47 Å². The number of thiophene rings is 1. The van der Waals surface area contributed by atoms with E-state index in [-0.39, 0.29) is 17.7 Å². The smallest absolute Gasteiger partial charge is 0.262 e. The first-order valence-corrected chi connectivity index (χ1v) is 9.17. The molecule has 0 saturated heterocycles. The van der Waals surface area contributed by atoms with Crippen LogP contribution in [0.1, 0.15) is 29.1 Å². The number of nitrogens with one attached hydrogen (secondary N) is 2. The van der Waals surface area contributed by atoms with Crippen molar-refractivity contribution < 1.29 is 19.1 Å². The maximum atomic E-state index is 12.6. The van der Waals surface area contributed by atoms with Gasteiger partial charge in [0.2, 0.25) is 5.91 Å². The monoisotopic (exact) mass is 376 g/mol. The van der Waals surface area contributed by atoms with Gasteiger partial charge in [0.15, 0.2) is 11.5 Å². The molecular weight excluding hydrogens is 352 g/mol. The number of carbonyl (C=O) groups is 2. The Balaban J connectivity index is 2.00. The fourth-order valence-corrected chi connectivity index (χ4v) is 3.07. The second-order valence-electron chi connectivity index (χ2n) is 6.08. The molecule has 0 aliphatic carbocycles. The van der Waals surface area contributed by atoms with Gasteiger partial charge in [0, 0.05) is 6.54 Å². The minimum absolute atomic E-state index is 0.0377. The zero-order chi connectivity index (χ0) is 19.1. The molecule has 2 amide bonds. The molecule has 2 aromatic rings. The molecule has 0 radical (unpaired) electrons. The summed E-state index contributed by atoms with van der Waals surface area (Å²) in [5.74, 6) is 0.737. The second kappa shape index (κ2) is 9.24. The van der Waals surface area contributed by atoms with Crippen molar-refractivity contribution in [2.24, 2.45) is 5.92 Å². The molecule has 0 fully saturated rings. The first-order chi connectivity index (χ1) is 12.5. The average molecular weight is 376 g/mol. The van der Waals surface area contributed by atoms with Crippen LogP contribution in [0.4, 0.5) is 0 Å². The van der Waals surface area contributed by atoms with Gasteiger partial charge in [0.25, 0.3) is 5.91 Å². The first-order valence-electron chi connectivity index (χ1n) is 8.29. The van der Waals surface area contributed by atoms with Crippen LogP contribution >= 0.6 is 11.3 Å². The van der Waals surface area contributed by atoms with Crippen LogP contribution in [-0.2, 0) is 11.3 Å². The van der Waals surface area contributed by atoms with Gasteiger partial charge in [-0.05, 0) is 35.1 Å². The van der Waals surface area contributed by atoms with Crippen molar-refractivity contribution in [2.75, 3.05) is 14.2 Å². The summed E-state index contributed by atoms with van der Waals surface area (Å²) < 4.78 is 10.5. The normalized spacial score (nSPS) is 11.7. The molecule has 6 nitrogen and oxygen atoms in total. The summed E-state index contributed by atoms with van der Waals surface area (Å²) in [4.78, 5) is 25.4. The van der Waals surface area contributed by atoms with Gasteiger partial charge >= 0.3 is 0 Å². The molecule has 0 bridgehead atoms. The summed E-state index contributed by atoms with van der Waals surface area (Å²) >= 11 is 1.34. The Morgan fingerprint density at radius 2 is 1.85 bits per heavy atom. The summed E-state index contributed by atoms with van der Waals surface area (Å²) in [5.41, 5.74) is 0.878. The third-order valence-electron chi connectivity index (χ3n) is 3.90. The van der Waals surface area contributed by atoms with Crippen LogP contribution in [0.25, 0.3) is 0 Å². The summed E-state index contributed by atoms with van der Waals surface area (Å²) in [6.45, 7) is 4.13. The Hall–Kier alpha value is -2.54. The second-order valence-corrected chi connectivity index (χ2v) is 7.03. The van der Waals surface area contributed by atoms with E-state index in [0.29, 0.717) is 22.9 Å². The average Bonchev–Trinajstić information content (AvgIpc) is 3.18. The molecular formula is C19H24N2O4S. The topological polar surface area (TPSA) is 76.7 Å². The van der Waals surface area contributed by atoms with Crippen LogP contribution in [0, 0.1) is 5.92 Å². The number of ether oxygens (including phenoxy) is 2. The van der Waals surface area contributed by atoms with Crippen molar-refractivity contribution in [3.63, 3.8) is 0 Å². The van der Waals surface area contributed by atoms with Crippen molar-refractivity contribution in [1.29, 1.82) is 0 Å². The van der Waals surface area contributed by atoms with Crippen LogP contribution in [0.5, 0.6) is 11.5 Å². The molecule has 0 spiro atoms. The van der Waals surface area contributed by atoms with Gasteiger partial charge in [-0.25, -0.2) is 0 Å². The van der Waals surface area contributed by atoms with E-state index in [1.165, 1.54) is 11.3 Å². The lowest BCUT2D eigenvalue weighted by molar-refractivity contribution is -0.124. The molecule has 1 aromatic carbocycles. The highest BCUT2D eigenvalue weighted by molar-refractivity contribution is 7.12. The quantitative estimate of drug-likeness (QED) is 0.743. The van der Waals surface area contributed by atoms with Gasteiger partial charge in [-0.15, -0.1) is 11.3 Å². The van der Waals surface area contributed by atoms with Crippen molar-refractivity contribution in [3.05, 3.63) is 46.2 Å².